The molecule has 1 aromatic heterocycles. The third-order valence-corrected chi connectivity index (χ3v) is 4.94. The Morgan fingerprint density at radius 3 is 2.62 bits per heavy atom. The van der Waals surface area contributed by atoms with Gasteiger partial charge in [-0.05, 0) is 66.4 Å². The normalized spacial score (nSPS) is 14.1. The van der Waals surface area contributed by atoms with Gasteiger partial charge >= 0.3 is 6.03 Å². The van der Waals surface area contributed by atoms with Gasteiger partial charge in [0.25, 0.3) is 0 Å². The second-order valence-electron chi connectivity index (χ2n) is 6.95. The van der Waals surface area contributed by atoms with E-state index in [4.69, 9.17) is 0 Å². The van der Waals surface area contributed by atoms with Gasteiger partial charge in [-0.1, -0.05) is 0 Å². The molecule has 0 unspecified atom stereocenters. The first-order valence-corrected chi connectivity index (χ1v) is 9.42. The molecule has 3 aromatic rings. The summed E-state index contributed by atoms with van der Waals surface area (Å²) in [7, 11) is 0. The lowest BCUT2D eigenvalue weighted by molar-refractivity contribution is -0.124. The van der Waals surface area contributed by atoms with Gasteiger partial charge in [0, 0.05) is 36.1 Å². The first-order valence-electron chi connectivity index (χ1n) is 9.42. The Bertz CT molecular complexity index is 1060. The van der Waals surface area contributed by atoms with Gasteiger partial charge in [0.1, 0.15) is 11.6 Å². The molecule has 3 N–H and O–H groups in total. The summed E-state index contributed by atoms with van der Waals surface area (Å²) in [6, 6.07) is 10.1. The number of aryl methyl sites for hydroxylation is 1. The molecule has 1 saturated heterocycles. The van der Waals surface area contributed by atoms with E-state index in [0.29, 0.717) is 30.6 Å². The predicted octanol–water partition coefficient (Wildman–Crippen LogP) is 3.49. The zero-order valence-corrected chi connectivity index (χ0v) is 15.6. The van der Waals surface area contributed by atoms with Crippen LogP contribution in [-0.2, 0) is 11.2 Å². The lowest BCUT2D eigenvalue weighted by Gasteiger charge is -2.27. The quantitative estimate of drug-likeness (QED) is 0.615. The average molecular weight is 398 g/mol. The van der Waals surface area contributed by atoms with Crippen molar-refractivity contribution in [2.45, 2.75) is 19.3 Å². The molecule has 0 atom stereocenters. The Kier molecular flexibility index (Phi) is 5.16. The molecule has 6 nitrogen and oxygen atoms in total. The number of carbonyl (C=O) groups excluding carboxylic acids is 2. The van der Waals surface area contributed by atoms with Gasteiger partial charge in [0.2, 0.25) is 5.91 Å². The maximum atomic E-state index is 13.8. The van der Waals surface area contributed by atoms with Crippen molar-refractivity contribution < 1.29 is 18.4 Å². The number of aromatic amines is 1. The molecule has 2 aromatic carbocycles. The lowest BCUT2D eigenvalue weighted by Crippen LogP contribution is -2.54. The number of H-pyrrole nitrogens is 1. The number of hydrogen-bond donors (Lipinski definition) is 3. The average Bonchev–Trinajstić information content (AvgIpc) is 3.06. The number of hydrazine groups is 1. The summed E-state index contributed by atoms with van der Waals surface area (Å²) in [6.07, 6.45) is 1.20. The largest absolute Gasteiger partial charge is 0.354 e. The Hall–Kier alpha value is -3.42. The number of aromatic nitrogens is 1. The van der Waals surface area contributed by atoms with Crippen LogP contribution in [0, 0.1) is 11.6 Å². The number of halogens is 2. The molecule has 29 heavy (non-hydrogen) atoms. The summed E-state index contributed by atoms with van der Waals surface area (Å²) in [5, 5.41) is 4.61. The molecule has 0 saturated carbocycles. The van der Waals surface area contributed by atoms with Crippen molar-refractivity contribution in [1.82, 2.24) is 20.7 Å². The number of rotatable bonds is 5. The van der Waals surface area contributed by atoms with E-state index in [1.807, 2.05) is 0 Å². The Morgan fingerprint density at radius 2 is 1.86 bits per heavy atom. The number of benzene rings is 2. The van der Waals surface area contributed by atoms with Gasteiger partial charge in [-0.25, -0.2) is 18.6 Å². The molecule has 3 amide bonds. The van der Waals surface area contributed by atoms with Gasteiger partial charge in [0.05, 0.1) is 0 Å². The van der Waals surface area contributed by atoms with Crippen LogP contribution in [0.1, 0.15) is 18.4 Å². The second kappa shape index (κ2) is 7.90. The number of fused-ring (bicyclic) bond motifs is 1. The van der Waals surface area contributed by atoms with Crippen molar-refractivity contribution in [1.29, 1.82) is 0 Å². The highest BCUT2D eigenvalue weighted by molar-refractivity contribution is 5.91. The van der Waals surface area contributed by atoms with Gasteiger partial charge in [-0.15, -0.1) is 0 Å². The summed E-state index contributed by atoms with van der Waals surface area (Å²) in [5.41, 5.74) is 5.57. The molecule has 4 rings (SSSR count). The predicted molar refractivity (Wildman–Crippen MR) is 105 cm³/mol. The second-order valence-corrected chi connectivity index (χ2v) is 6.95. The highest BCUT2D eigenvalue weighted by atomic mass is 19.1. The Labute approximate surface area is 165 Å². The summed E-state index contributed by atoms with van der Waals surface area (Å²) in [5.74, 6) is -1.03. The number of nitrogens with zero attached hydrogens (tertiary/aromatic N) is 1. The molecular formula is C21H20F2N4O2. The van der Waals surface area contributed by atoms with Crippen LogP contribution in [0.2, 0.25) is 0 Å². The maximum absolute atomic E-state index is 13.8. The van der Waals surface area contributed by atoms with E-state index in [0.717, 1.165) is 23.1 Å². The molecule has 0 radical (unpaired) electrons. The highest BCUT2D eigenvalue weighted by Gasteiger charge is 2.20. The third-order valence-electron chi connectivity index (χ3n) is 4.94. The van der Waals surface area contributed by atoms with Crippen LogP contribution in [0.5, 0.6) is 0 Å². The number of amides is 3. The zero-order valence-electron chi connectivity index (χ0n) is 15.6. The molecular weight excluding hydrogens is 378 g/mol. The van der Waals surface area contributed by atoms with Gasteiger partial charge < -0.3 is 10.3 Å². The van der Waals surface area contributed by atoms with Crippen LogP contribution in [0.3, 0.4) is 0 Å². The van der Waals surface area contributed by atoms with E-state index in [9.17, 15) is 18.4 Å². The lowest BCUT2D eigenvalue weighted by atomic mass is 10.0. The summed E-state index contributed by atoms with van der Waals surface area (Å²) < 4.78 is 27.2. The first kappa shape index (κ1) is 18.9. The zero-order chi connectivity index (χ0) is 20.4. The molecule has 2 heterocycles. The van der Waals surface area contributed by atoms with Crippen LogP contribution in [0.4, 0.5) is 13.6 Å². The summed E-state index contributed by atoms with van der Waals surface area (Å²) >= 11 is 0. The minimum atomic E-state index is -0.377. The molecule has 8 heteroatoms. The summed E-state index contributed by atoms with van der Waals surface area (Å²) in [4.78, 5) is 27.4. The van der Waals surface area contributed by atoms with Crippen molar-refractivity contribution in [2.75, 3.05) is 13.1 Å². The fourth-order valence-corrected chi connectivity index (χ4v) is 3.52. The standard InChI is InChI=1S/C21H20F2N4O2/c22-14-4-2-13(3-5-14)20-16(17-12-15(23)6-8-18(17)25-20)7-9-19(28)26-27-11-1-10-24-21(27)29/h2-6,8,12,25H,1,7,9-11H2,(H,24,29)(H,26,28). The SMILES string of the molecule is O=C(CCc1c(-c2ccc(F)cc2)[nH]c2ccc(F)cc12)NN1CCCNC1=O. The number of nitrogens with one attached hydrogen (secondary N) is 3. The van der Waals surface area contributed by atoms with E-state index < -0.39 is 0 Å². The van der Waals surface area contributed by atoms with E-state index >= 15 is 0 Å². The monoisotopic (exact) mass is 398 g/mol. The highest BCUT2D eigenvalue weighted by Crippen LogP contribution is 2.32. The fraction of sp³-hybridized carbons (Fsp3) is 0.238. The number of carbonyl (C=O) groups is 2. The molecule has 0 aliphatic carbocycles. The van der Waals surface area contributed by atoms with Crippen LogP contribution < -0.4 is 10.7 Å². The molecule has 0 spiro atoms. The van der Waals surface area contributed by atoms with Crippen LogP contribution >= 0.6 is 0 Å². The number of urea groups is 1. The van der Waals surface area contributed by atoms with Gasteiger partial charge in [-0.3, -0.25) is 10.2 Å². The molecule has 0 bridgehead atoms. The first-order chi connectivity index (χ1) is 14.0. The van der Waals surface area contributed by atoms with E-state index in [1.54, 1.807) is 18.2 Å². The van der Waals surface area contributed by atoms with Gasteiger partial charge in [-0.2, -0.15) is 0 Å². The molecule has 150 valence electrons. The number of hydrogen-bond acceptors (Lipinski definition) is 2. The van der Waals surface area contributed by atoms with Crippen LogP contribution in [0.15, 0.2) is 42.5 Å². The minimum Gasteiger partial charge on any atom is -0.354 e. The third kappa shape index (κ3) is 4.06. The minimum absolute atomic E-state index is 0.113. The van der Waals surface area contributed by atoms with Crippen molar-refractivity contribution >= 4 is 22.8 Å². The molecule has 1 fully saturated rings. The van der Waals surface area contributed by atoms with Crippen LogP contribution in [-0.4, -0.2) is 35.0 Å². The Balaban J connectivity index is 1.59. The smallest absolute Gasteiger partial charge is 0.336 e. The molecule has 1 aliphatic rings. The van der Waals surface area contributed by atoms with Crippen LogP contribution in [0.25, 0.3) is 22.2 Å². The van der Waals surface area contributed by atoms with E-state index in [1.165, 1.54) is 29.3 Å². The van der Waals surface area contributed by atoms with E-state index in [2.05, 4.69) is 15.7 Å². The van der Waals surface area contributed by atoms with Crippen molar-refractivity contribution in [3.05, 3.63) is 59.7 Å². The van der Waals surface area contributed by atoms with E-state index in [-0.39, 0.29) is 30.0 Å². The van der Waals surface area contributed by atoms with Crippen molar-refractivity contribution in [2.24, 2.45) is 0 Å². The maximum Gasteiger partial charge on any atom is 0.336 e. The van der Waals surface area contributed by atoms with Crippen molar-refractivity contribution in [3.63, 3.8) is 0 Å². The molecule has 1 aliphatic heterocycles. The van der Waals surface area contributed by atoms with Crippen molar-refractivity contribution in [3.8, 4) is 11.3 Å². The summed E-state index contributed by atoms with van der Waals surface area (Å²) in [6.45, 7) is 1.05. The Morgan fingerprint density at radius 1 is 1.10 bits per heavy atom. The van der Waals surface area contributed by atoms with Gasteiger partial charge in [0.15, 0.2) is 0 Å². The fourth-order valence-electron chi connectivity index (χ4n) is 3.52. The topological polar surface area (TPSA) is 77.2 Å².